The first-order valence-electron chi connectivity index (χ1n) is 6.89. The SMILES string of the molecule is Cc1ccccc1CCC(N)CCCC(C)C. The number of hydrogen-bond donors (Lipinski definition) is 1. The second-order valence-corrected chi connectivity index (χ2v) is 5.55. The lowest BCUT2D eigenvalue weighted by atomic mass is 9.97. The third-order valence-corrected chi connectivity index (χ3v) is 3.40. The fourth-order valence-electron chi connectivity index (χ4n) is 2.16. The highest BCUT2D eigenvalue weighted by Crippen LogP contribution is 2.13. The van der Waals surface area contributed by atoms with E-state index < -0.39 is 0 Å². The predicted octanol–water partition coefficient (Wildman–Crippen LogP) is 4.08. The Labute approximate surface area is 106 Å². The smallest absolute Gasteiger partial charge is 0.00419 e. The summed E-state index contributed by atoms with van der Waals surface area (Å²) in [5.74, 6) is 0.804. The van der Waals surface area contributed by atoms with Crippen molar-refractivity contribution >= 4 is 0 Å². The molecular weight excluding hydrogens is 206 g/mol. The monoisotopic (exact) mass is 233 g/mol. The topological polar surface area (TPSA) is 26.0 Å². The molecule has 1 aromatic carbocycles. The minimum atomic E-state index is 0.369. The molecule has 2 N–H and O–H groups in total. The Morgan fingerprint density at radius 1 is 1.06 bits per heavy atom. The summed E-state index contributed by atoms with van der Waals surface area (Å²) in [7, 11) is 0. The van der Waals surface area contributed by atoms with Gasteiger partial charge in [-0.3, -0.25) is 0 Å². The van der Waals surface area contributed by atoms with Crippen LogP contribution < -0.4 is 5.73 Å². The Morgan fingerprint density at radius 3 is 2.41 bits per heavy atom. The van der Waals surface area contributed by atoms with E-state index in [4.69, 9.17) is 5.73 Å². The maximum absolute atomic E-state index is 6.16. The molecule has 1 aromatic rings. The van der Waals surface area contributed by atoms with E-state index in [9.17, 15) is 0 Å². The molecule has 0 saturated carbocycles. The van der Waals surface area contributed by atoms with Gasteiger partial charge in [0.05, 0.1) is 0 Å². The van der Waals surface area contributed by atoms with Gasteiger partial charge in [-0.1, -0.05) is 51.0 Å². The average Bonchev–Trinajstić information content (AvgIpc) is 2.27. The highest BCUT2D eigenvalue weighted by atomic mass is 14.6. The maximum Gasteiger partial charge on any atom is 0.00419 e. The molecule has 0 fully saturated rings. The van der Waals surface area contributed by atoms with Crippen LogP contribution in [0.4, 0.5) is 0 Å². The lowest BCUT2D eigenvalue weighted by Gasteiger charge is -2.13. The second kappa shape index (κ2) is 7.50. The van der Waals surface area contributed by atoms with Gasteiger partial charge < -0.3 is 5.73 Å². The lowest BCUT2D eigenvalue weighted by Crippen LogP contribution is -2.20. The van der Waals surface area contributed by atoms with Crippen LogP contribution in [0.2, 0.25) is 0 Å². The molecule has 0 saturated heterocycles. The molecule has 0 amide bonds. The molecule has 1 heteroatoms. The summed E-state index contributed by atoms with van der Waals surface area (Å²) in [5, 5.41) is 0. The molecule has 0 spiro atoms. The number of benzene rings is 1. The third-order valence-electron chi connectivity index (χ3n) is 3.40. The van der Waals surface area contributed by atoms with Crippen molar-refractivity contribution in [2.24, 2.45) is 11.7 Å². The van der Waals surface area contributed by atoms with Crippen LogP contribution in [0.5, 0.6) is 0 Å². The van der Waals surface area contributed by atoms with Crippen LogP contribution in [-0.4, -0.2) is 6.04 Å². The van der Waals surface area contributed by atoms with Crippen LogP contribution in [0.25, 0.3) is 0 Å². The van der Waals surface area contributed by atoms with E-state index in [1.807, 2.05) is 0 Å². The summed E-state index contributed by atoms with van der Waals surface area (Å²) in [6.45, 7) is 6.73. The number of rotatable bonds is 7. The van der Waals surface area contributed by atoms with Gasteiger partial charge in [0.2, 0.25) is 0 Å². The largest absolute Gasteiger partial charge is 0.328 e. The zero-order chi connectivity index (χ0) is 12.7. The summed E-state index contributed by atoms with van der Waals surface area (Å²) in [4.78, 5) is 0. The van der Waals surface area contributed by atoms with E-state index in [1.54, 1.807) is 0 Å². The van der Waals surface area contributed by atoms with E-state index in [1.165, 1.54) is 30.4 Å². The van der Waals surface area contributed by atoms with Crippen molar-refractivity contribution in [1.29, 1.82) is 0 Å². The normalized spacial score (nSPS) is 13.0. The molecule has 0 aromatic heterocycles. The van der Waals surface area contributed by atoms with Crippen molar-refractivity contribution in [1.82, 2.24) is 0 Å². The van der Waals surface area contributed by atoms with Crippen LogP contribution >= 0.6 is 0 Å². The molecule has 0 aliphatic carbocycles. The van der Waals surface area contributed by atoms with Crippen LogP contribution in [0, 0.1) is 12.8 Å². The van der Waals surface area contributed by atoms with Crippen LogP contribution in [0.3, 0.4) is 0 Å². The van der Waals surface area contributed by atoms with Crippen molar-refractivity contribution in [3.8, 4) is 0 Å². The van der Waals surface area contributed by atoms with Gasteiger partial charge in [0.15, 0.2) is 0 Å². The van der Waals surface area contributed by atoms with E-state index in [-0.39, 0.29) is 0 Å². The number of nitrogens with two attached hydrogens (primary N) is 1. The second-order valence-electron chi connectivity index (χ2n) is 5.55. The van der Waals surface area contributed by atoms with Gasteiger partial charge in [0.25, 0.3) is 0 Å². The first kappa shape index (κ1) is 14.2. The van der Waals surface area contributed by atoms with Crippen LogP contribution in [-0.2, 0) is 6.42 Å². The first-order chi connectivity index (χ1) is 8.09. The molecule has 17 heavy (non-hydrogen) atoms. The Balaban J connectivity index is 2.24. The van der Waals surface area contributed by atoms with Gasteiger partial charge in [-0.2, -0.15) is 0 Å². The summed E-state index contributed by atoms with van der Waals surface area (Å²) >= 11 is 0. The zero-order valence-electron chi connectivity index (χ0n) is 11.6. The summed E-state index contributed by atoms with van der Waals surface area (Å²) in [6, 6.07) is 8.98. The van der Waals surface area contributed by atoms with E-state index in [2.05, 4.69) is 45.0 Å². The van der Waals surface area contributed by atoms with Crippen molar-refractivity contribution in [3.63, 3.8) is 0 Å². The first-order valence-corrected chi connectivity index (χ1v) is 6.89. The van der Waals surface area contributed by atoms with Gasteiger partial charge in [0, 0.05) is 6.04 Å². The molecule has 1 unspecified atom stereocenters. The maximum atomic E-state index is 6.16. The van der Waals surface area contributed by atoms with Gasteiger partial charge in [-0.15, -0.1) is 0 Å². The molecule has 0 aliphatic heterocycles. The summed E-state index contributed by atoms with van der Waals surface area (Å²) < 4.78 is 0. The van der Waals surface area contributed by atoms with Crippen molar-refractivity contribution in [2.45, 2.75) is 58.9 Å². The fourth-order valence-corrected chi connectivity index (χ4v) is 2.16. The standard InChI is InChI=1S/C16H27N/c1-13(2)7-6-10-16(17)12-11-15-9-5-4-8-14(15)3/h4-5,8-9,13,16H,6-7,10-12,17H2,1-3H3. The van der Waals surface area contributed by atoms with Gasteiger partial charge >= 0.3 is 0 Å². The van der Waals surface area contributed by atoms with Gasteiger partial charge in [-0.25, -0.2) is 0 Å². The molecular formula is C16H27N. The number of hydrogen-bond acceptors (Lipinski definition) is 1. The molecule has 1 atom stereocenters. The van der Waals surface area contributed by atoms with Gasteiger partial charge in [-0.05, 0) is 43.2 Å². The Morgan fingerprint density at radius 2 is 1.76 bits per heavy atom. The minimum absolute atomic E-state index is 0.369. The summed E-state index contributed by atoms with van der Waals surface area (Å²) in [6.07, 6.45) is 5.98. The number of aryl methyl sites for hydroxylation is 2. The van der Waals surface area contributed by atoms with E-state index >= 15 is 0 Å². The zero-order valence-corrected chi connectivity index (χ0v) is 11.6. The Hall–Kier alpha value is -0.820. The predicted molar refractivity (Wildman–Crippen MR) is 76.2 cm³/mol. The molecule has 0 bridgehead atoms. The quantitative estimate of drug-likeness (QED) is 0.754. The minimum Gasteiger partial charge on any atom is -0.328 e. The highest BCUT2D eigenvalue weighted by molar-refractivity contribution is 5.25. The van der Waals surface area contributed by atoms with Crippen LogP contribution in [0.1, 0.15) is 50.7 Å². The van der Waals surface area contributed by atoms with Gasteiger partial charge in [0.1, 0.15) is 0 Å². The highest BCUT2D eigenvalue weighted by Gasteiger charge is 2.05. The third kappa shape index (κ3) is 5.88. The molecule has 0 radical (unpaired) electrons. The molecule has 0 heterocycles. The Bertz CT molecular complexity index is 317. The Kier molecular flexibility index (Phi) is 6.28. The van der Waals surface area contributed by atoms with Crippen LogP contribution in [0.15, 0.2) is 24.3 Å². The van der Waals surface area contributed by atoms with E-state index in [0.717, 1.165) is 18.8 Å². The molecule has 96 valence electrons. The molecule has 0 aliphatic rings. The average molecular weight is 233 g/mol. The van der Waals surface area contributed by atoms with Crippen molar-refractivity contribution in [2.75, 3.05) is 0 Å². The fraction of sp³-hybridized carbons (Fsp3) is 0.625. The van der Waals surface area contributed by atoms with Crippen molar-refractivity contribution < 1.29 is 0 Å². The molecule has 1 nitrogen and oxygen atoms in total. The lowest BCUT2D eigenvalue weighted by molar-refractivity contribution is 0.482. The van der Waals surface area contributed by atoms with E-state index in [0.29, 0.717) is 6.04 Å². The molecule has 1 rings (SSSR count). The van der Waals surface area contributed by atoms with Crippen molar-refractivity contribution in [3.05, 3.63) is 35.4 Å². The summed E-state index contributed by atoms with van der Waals surface area (Å²) in [5.41, 5.74) is 9.00.